The number of hydrogen-bond acceptors (Lipinski definition) is 2. The highest BCUT2D eigenvalue weighted by Gasteiger charge is 2.31. The number of likely N-dealkylation sites (tertiary alicyclic amines) is 1. The molecule has 1 amide bonds. The van der Waals surface area contributed by atoms with Crippen molar-refractivity contribution in [2.45, 2.75) is 38.3 Å². The Morgan fingerprint density at radius 2 is 2.04 bits per heavy atom. The van der Waals surface area contributed by atoms with Gasteiger partial charge in [0.1, 0.15) is 0 Å². The molecule has 0 bridgehead atoms. The summed E-state index contributed by atoms with van der Waals surface area (Å²) in [6.45, 7) is 1.05. The topological polar surface area (TPSA) is 57.6 Å². The first-order valence-electron chi connectivity index (χ1n) is 7.91. The molecule has 1 fully saturated rings. The van der Waals surface area contributed by atoms with Crippen LogP contribution in [-0.4, -0.2) is 35.0 Å². The first kappa shape index (κ1) is 18.3. The third-order valence-electron chi connectivity index (χ3n) is 4.25. The maximum atomic E-state index is 12.7. The number of alkyl halides is 3. The van der Waals surface area contributed by atoms with Gasteiger partial charge in [-0.05, 0) is 36.8 Å². The number of nitrogens with zero attached hydrogens (tertiary/aromatic N) is 1. The van der Waals surface area contributed by atoms with Gasteiger partial charge in [0.05, 0.1) is 12.0 Å². The average Bonchev–Trinajstić information content (AvgIpc) is 2.52. The summed E-state index contributed by atoms with van der Waals surface area (Å²) in [6.07, 6.45) is -2.25. The van der Waals surface area contributed by atoms with Gasteiger partial charge in [-0.25, -0.2) is 0 Å². The number of aliphatic carboxylic acids is 1. The smallest absolute Gasteiger partial charge is 0.416 e. The molecule has 0 spiro atoms. The third-order valence-corrected chi connectivity index (χ3v) is 4.25. The van der Waals surface area contributed by atoms with Gasteiger partial charge in [-0.3, -0.25) is 9.59 Å². The molecule has 1 heterocycles. The molecule has 24 heavy (non-hydrogen) atoms. The fraction of sp³-hybridized carbons (Fsp3) is 0.529. The minimum atomic E-state index is -4.42. The summed E-state index contributed by atoms with van der Waals surface area (Å²) in [5.74, 6) is -0.933. The van der Waals surface area contributed by atoms with Crippen LogP contribution in [0.15, 0.2) is 24.3 Å². The lowest BCUT2D eigenvalue weighted by molar-refractivity contribution is -0.138. The van der Waals surface area contributed by atoms with Crippen LogP contribution in [0.2, 0.25) is 0 Å². The second kappa shape index (κ2) is 7.68. The second-order valence-electron chi connectivity index (χ2n) is 6.16. The Balaban J connectivity index is 1.95. The van der Waals surface area contributed by atoms with Crippen LogP contribution in [0, 0.1) is 5.92 Å². The van der Waals surface area contributed by atoms with Crippen molar-refractivity contribution in [1.82, 2.24) is 4.90 Å². The number of carboxylic acid groups (broad SMARTS) is 1. The molecule has 1 aromatic rings. The largest absolute Gasteiger partial charge is 0.481 e. The molecular weight excluding hydrogens is 323 g/mol. The van der Waals surface area contributed by atoms with Crippen LogP contribution in [0.4, 0.5) is 13.2 Å². The third kappa shape index (κ3) is 5.25. The van der Waals surface area contributed by atoms with E-state index in [1.807, 2.05) is 0 Å². The molecule has 1 saturated heterocycles. The van der Waals surface area contributed by atoms with E-state index in [2.05, 4.69) is 0 Å². The molecule has 132 valence electrons. The van der Waals surface area contributed by atoms with E-state index in [-0.39, 0.29) is 24.7 Å². The molecule has 7 heteroatoms. The molecule has 1 N–H and O–H groups in total. The van der Waals surface area contributed by atoms with Crippen LogP contribution in [0.5, 0.6) is 0 Å². The number of carboxylic acids is 1. The molecule has 2 rings (SSSR count). The van der Waals surface area contributed by atoms with Crippen LogP contribution < -0.4 is 0 Å². The number of hydrogen-bond donors (Lipinski definition) is 1. The number of rotatable bonds is 5. The van der Waals surface area contributed by atoms with Gasteiger partial charge in [-0.2, -0.15) is 13.2 Å². The maximum absolute atomic E-state index is 12.7. The summed E-state index contributed by atoms with van der Waals surface area (Å²) in [7, 11) is 0. The van der Waals surface area contributed by atoms with Crippen molar-refractivity contribution in [3.63, 3.8) is 0 Å². The van der Waals surface area contributed by atoms with Gasteiger partial charge < -0.3 is 10.0 Å². The van der Waals surface area contributed by atoms with Gasteiger partial charge in [0.2, 0.25) is 5.91 Å². The fourth-order valence-corrected chi connectivity index (χ4v) is 3.00. The van der Waals surface area contributed by atoms with Crippen molar-refractivity contribution >= 4 is 11.9 Å². The molecule has 1 atom stereocenters. The zero-order chi connectivity index (χ0) is 17.7. The Labute approximate surface area is 138 Å². The number of halogens is 3. The van der Waals surface area contributed by atoms with Gasteiger partial charge in [-0.1, -0.05) is 18.2 Å². The number of amides is 1. The van der Waals surface area contributed by atoms with Gasteiger partial charge >= 0.3 is 12.1 Å². The lowest BCUT2D eigenvalue weighted by Gasteiger charge is -2.32. The van der Waals surface area contributed by atoms with Crippen LogP contribution in [0.25, 0.3) is 0 Å². The van der Waals surface area contributed by atoms with Gasteiger partial charge in [0, 0.05) is 19.5 Å². The average molecular weight is 343 g/mol. The lowest BCUT2D eigenvalue weighted by atomic mass is 9.93. The molecule has 0 aromatic heterocycles. The van der Waals surface area contributed by atoms with Gasteiger partial charge in [0.25, 0.3) is 0 Å². The molecule has 1 aliphatic rings. The SMILES string of the molecule is O=C(O)CC[C@H]1CCCN(C(=O)Cc2cccc(C(F)(F)F)c2)C1. The molecule has 0 saturated carbocycles. The van der Waals surface area contributed by atoms with Crippen molar-refractivity contribution in [3.05, 3.63) is 35.4 Å². The molecule has 1 aromatic carbocycles. The number of piperidine rings is 1. The highest BCUT2D eigenvalue weighted by Crippen LogP contribution is 2.30. The summed E-state index contributed by atoms with van der Waals surface area (Å²) in [4.78, 5) is 24.6. The fourth-order valence-electron chi connectivity index (χ4n) is 3.00. The van der Waals surface area contributed by atoms with Crippen LogP contribution in [-0.2, 0) is 22.2 Å². The van der Waals surface area contributed by atoms with Crippen molar-refractivity contribution in [2.75, 3.05) is 13.1 Å². The first-order valence-corrected chi connectivity index (χ1v) is 7.91. The number of carbonyl (C=O) groups excluding carboxylic acids is 1. The summed E-state index contributed by atoms with van der Waals surface area (Å²) >= 11 is 0. The van der Waals surface area contributed by atoms with Crippen LogP contribution in [0.3, 0.4) is 0 Å². The number of benzene rings is 1. The van der Waals surface area contributed by atoms with Crippen molar-refractivity contribution < 1.29 is 27.9 Å². The summed E-state index contributed by atoms with van der Waals surface area (Å²) in [5, 5.41) is 8.73. The maximum Gasteiger partial charge on any atom is 0.416 e. The Hall–Kier alpha value is -2.05. The van der Waals surface area contributed by atoms with Crippen molar-refractivity contribution in [3.8, 4) is 0 Å². The van der Waals surface area contributed by atoms with Gasteiger partial charge in [-0.15, -0.1) is 0 Å². The predicted octanol–water partition coefficient (Wildman–Crippen LogP) is 3.35. The standard InChI is InChI=1S/C17H20F3NO3/c18-17(19,20)14-5-1-3-13(9-14)10-15(22)21-8-2-4-12(11-21)6-7-16(23)24/h1,3,5,9,12H,2,4,6-8,10-11H2,(H,23,24)/t12-/m1/s1. The van der Waals surface area contributed by atoms with E-state index in [0.29, 0.717) is 25.1 Å². The first-order chi connectivity index (χ1) is 11.3. The van der Waals surface area contributed by atoms with Gasteiger partial charge in [0.15, 0.2) is 0 Å². The minimum Gasteiger partial charge on any atom is -0.481 e. The van der Waals surface area contributed by atoms with E-state index >= 15 is 0 Å². The van der Waals surface area contributed by atoms with Crippen LogP contribution >= 0.6 is 0 Å². The molecule has 0 radical (unpaired) electrons. The van der Waals surface area contributed by atoms with E-state index in [0.717, 1.165) is 25.0 Å². The Kier molecular flexibility index (Phi) is 5.85. The number of carbonyl (C=O) groups is 2. The highest BCUT2D eigenvalue weighted by molar-refractivity contribution is 5.79. The van der Waals surface area contributed by atoms with E-state index in [4.69, 9.17) is 5.11 Å². The van der Waals surface area contributed by atoms with E-state index in [1.54, 1.807) is 4.90 Å². The quantitative estimate of drug-likeness (QED) is 0.892. The monoisotopic (exact) mass is 343 g/mol. The molecule has 0 aliphatic carbocycles. The summed E-state index contributed by atoms with van der Waals surface area (Å²) in [6, 6.07) is 4.80. The normalized spacial score (nSPS) is 18.5. The van der Waals surface area contributed by atoms with E-state index < -0.39 is 17.7 Å². The van der Waals surface area contributed by atoms with Crippen molar-refractivity contribution in [2.24, 2.45) is 5.92 Å². The lowest BCUT2D eigenvalue weighted by Crippen LogP contribution is -2.40. The Morgan fingerprint density at radius 3 is 2.71 bits per heavy atom. The van der Waals surface area contributed by atoms with Crippen molar-refractivity contribution in [1.29, 1.82) is 0 Å². The van der Waals surface area contributed by atoms with E-state index in [1.165, 1.54) is 12.1 Å². The zero-order valence-corrected chi connectivity index (χ0v) is 13.2. The predicted molar refractivity (Wildman–Crippen MR) is 81.3 cm³/mol. The molecule has 4 nitrogen and oxygen atoms in total. The second-order valence-corrected chi connectivity index (χ2v) is 6.16. The highest BCUT2D eigenvalue weighted by atomic mass is 19.4. The summed E-state index contributed by atoms with van der Waals surface area (Å²) < 4.78 is 38.2. The molecule has 1 aliphatic heterocycles. The van der Waals surface area contributed by atoms with E-state index in [9.17, 15) is 22.8 Å². The molecule has 0 unspecified atom stereocenters. The molecular formula is C17H20F3NO3. The summed E-state index contributed by atoms with van der Waals surface area (Å²) in [5.41, 5.74) is -0.423. The Bertz CT molecular complexity index is 601. The Morgan fingerprint density at radius 1 is 1.29 bits per heavy atom. The van der Waals surface area contributed by atoms with Crippen LogP contribution in [0.1, 0.15) is 36.8 Å². The minimum absolute atomic E-state index is 0.0698. The zero-order valence-electron chi connectivity index (χ0n) is 13.2.